The number of nitrogens with two attached hydrogens (primary N) is 1. The Balaban J connectivity index is 2.15. The van der Waals surface area contributed by atoms with Crippen LogP contribution in [0.15, 0.2) is 18.2 Å². The van der Waals surface area contributed by atoms with Crippen molar-refractivity contribution in [1.29, 1.82) is 0 Å². The number of sulfone groups is 1. The average Bonchev–Trinajstić information content (AvgIpc) is 2.56. The molecule has 0 aromatic heterocycles. The van der Waals surface area contributed by atoms with Crippen LogP contribution < -0.4 is 11.1 Å². The average molecular weight is 286 g/mol. The van der Waals surface area contributed by atoms with Crippen LogP contribution >= 0.6 is 0 Å². The number of anilines is 1. The second kappa shape index (κ2) is 4.48. The van der Waals surface area contributed by atoms with Crippen molar-refractivity contribution in [2.75, 3.05) is 17.2 Å². The molecule has 104 valence electrons. The summed E-state index contributed by atoms with van der Waals surface area (Å²) >= 11 is 0. The zero-order valence-corrected chi connectivity index (χ0v) is 11.3. The molecule has 1 aliphatic rings. The molecule has 0 saturated carbocycles. The van der Waals surface area contributed by atoms with Gasteiger partial charge in [-0.2, -0.15) is 0 Å². The molecule has 1 fully saturated rings. The number of nitrogens with one attached hydrogen (secondary N) is 1. The lowest BCUT2D eigenvalue weighted by Crippen LogP contribution is -2.46. The molecular formula is C12H15FN2O3S. The van der Waals surface area contributed by atoms with Crippen LogP contribution in [0.1, 0.15) is 23.7 Å². The first-order valence-corrected chi connectivity index (χ1v) is 7.61. The lowest BCUT2D eigenvalue weighted by atomic mass is 10.0. The summed E-state index contributed by atoms with van der Waals surface area (Å²) in [7, 11) is -3.11. The third-order valence-electron chi connectivity index (χ3n) is 3.18. The fourth-order valence-electron chi connectivity index (χ4n) is 2.12. The molecule has 19 heavy (non-hydrogen) atoms. The van der Waals surface area contributed by atoms with Gasteiger partial charge in [-0.15, -0.1) is 0 Å². The van der Waals surface area contributed by atoms with Crippen LogP contribution in [-0.4, -0.2) is 31.4 Å². The Bertz CT molecular complexity index is 630. The minimum atomic E-state index is -3.11. The number of hydrogen-bond acceptors (Lipinski definition) is 4. The van der Waals surface area contributed by atoms with Gasteiger partial charge in [0.25, 0.3) is 5.91 Å². The van der Waals surface area contributed by atoms with Crippen molar-refractivity contribution in [2.45, 2.75) is 18.9 Å². The second-order valence-corrected chi connectivity index (χ2v) is 7.28. The molecule has 0 spiro atoms. The molecule has 1 heterocycles. The molecule has 1 aliphatic heterocycles. The van der Waals surface area contributed by atoms with Gasteiger partial charge in [0.2, 0.25) is 0 Å². The Hall–Kier alpha value is -1.63. The molecule has 2 rings (SSSR count). The highest BCUT2D eigenvalue weighted by Crippen LogP contribution is 2.23. The quantitative estimate of drug-likeness (QED) is 0.784. The molecule has 1 aromatic carbocycles. The third-order valence-corrected chi connectivity index (χ3v) is 5.08. The van der Waals surface area contributed by atoms with Crippen LogP contribution in [0.4, 0.5) is 10.1 Å². The number of nitrogen functional groups attached to an aromatic ring is 1. The highest BCUT2D eigenvalue weighted by atomic mass is 32.2. The molecule has 7 heteroatoms. The molecule has 1 aromatic rings. The maximum atomic E-state index is 13.3. The van der Waals surface area contributed by atoms with E-state index in [1.54, 1.807) is 6.92 Å². The van der Waals surface area contributed by atoms with Crippen molar-refractivity contribution in [1.82, 2.24) is 5.32 Å². The van der Waals surface area contributed by atoms with Crippen LogP contribution in [0.2, 0.25) is 0 Å². The van der Waals surface area contributed by atoms with Gasteiger partial charge in [-0.3, -0.25) is 4.79 Å². The van der Waals surface area contributed by atoms with E-state index in [1.165, 1.54) is 12.1 Å². The van der Waals surface area contributed by atoms with Crippen molar-refractivity contribution >= 4 is 21.4 Å². The first-order valence-electron chi connectivity index (χ1n) is 5.79. The maximum absolute atomic E-state index is 13.3. The summed E-state index contributed by atoms with van der Waals surface area (Å²) in [4.78, 5) is 12.0. The maximum Gasteiger partial charge on any atom is 0.251 e. The van der Waals surface area contributed by atoms with Gasteiger partial charge < -0.3 is 11.1 Å². The SMILES string of the molecule is CC1(NC(=O)c2ccc(N)c(F)c2)CCS(=O)(=O)C1. The van der Waals surface area contributed by atoms with Crippen molar-refractivity contribution in [3.8, 4) is 0 Å². The third kappa shape index (κ3) is 3.04. The summed E-state index contributed by atoms with van der Waals surface area (Å²) in [6, 6.07) is 3.75. The molecular weight excluding hydrogens is 271 g/mol. The first-order chi connectivity index (χ1) is 8.71. The van der Waals surface area contributed by atoms with E-state index in [-0.39, 0.29) is 22.8 Å². The lowest BCUT2D eigenvalue weighted by Gasteiger charge is -2.23. The zero-order valence-electron chi connectivity index (χ0n) is 10.4. The normalized spacial score (nSPS) is 25.2. The van der Waals surface area contributed by atoms with Gasteiger partial charge in [-0.1, -0.05) is 0 Å². The van der Waals surface area contributed by atoms with Gasteiger partial charge in [0.15, 0.2) is 9.84 Å². The predicted molar refractivity (Wildman–Crippen MR) is 70.0 cm³/mol. The van der Waals surface area contributed by atoms with Crippen LogP contribution in [0.3, 0.4) is 0 Å². The van der Waals surface area contributed by atoms with Gasteiger partial charge in [-0.25, -0.2) is 12.8 Å². The minimum absolute atomic E-state index is 0.0359. The number of hydrogen-bond donors (Lipinski definition) is 2. The molecule has 0 radical (unpaired) electrons. The summed E-state index contributed by atoms with van der Waals surface area (Å²) in [6.45, 7) is 1.67. The fraction of sp³-hybridized carbons (Fsp3) is 0.417. The van der Waals surface area contributed by atoms with E-state index in [0.717, 1.165) is 6.07 Å². The monoisotopic (exact) mass is 286 g/mol. The predicted octanol–water partition coefficient (Wildman–Crippen LogP) is 0.715. The molecule has 5 nitrogen and oxygen atoms in total. The largest absolute Gasteiger partial charge is 0.396 e. The Morgan fingerprint density at radius 1 is 1.47 bits per heavy atom. The van der Waals surface area contributed by atoms with Gasteiger partial charge in [0, 0.05) is 5.56 Å². The summed E-state index contributed by atoms with van der Waals surface area (Å²) < 4.78 is 36.1. The van der Waals surface area contributed by atoms with Crippen molar-refractivity contribution in [3.05, 3.63) is 29.6 Å². The standard InChI is InChI=1S/C12H15FN2O3S/c1-12(4-5-19(17,18)7-12)15-11(16)8-2-3-10(14)9(13)6-8/h2-3,6H,4-5,7,14H2,1H3,(H,15,16). The van der Waals surface area contributed by atoms with E-state index < -0.39 is 27.1 Å². The van der Waals surface area contributed by atoms with E-state index >= 15 is 0 Å². The van der Waals surface area contributed by atoms with Crippen molar-refractivity contribution in [3.63, 3.8) is 0 Å². The molecule has 0 aliphatic carbocycles. The van der Waals surface area contributed by atoms with Crippen LogP contribution in [0.25, 0.3) is 0 Å². The number of benzene rings is 1. The zero-order chi connectivity index (χ0) is 14.3. The Morgan fingerprint density at radius 2 is 2.16 bits per heavy atom. The number of halogens is 1. The van der Waals surface area contributed by atoms with Crippen LogP contribution in [0.5, 0.6) is 0 Å². The second-order valence-electron chi connectivity index (χ2n) is 5.09. The van der Waals surface area contributed by atoms with Gasteiger partial charge in [-0.05, 0) is 31.5 Å². The Labute approximate surface area is 110 Å². The highest BCUT2D eigenvalue weighted by molar-refractivity contribution is 7.91. The number of amides is 1. The van der Waals surface area contributed by atoms with E-state index in [9.17, 15) is 17.6 Å². The lowest BCUT2D eigenvalue weighted by molar-refractivity contribution is 0.0915. The molecule has 1 unspecified atom stereocenters. The van der Waals surface area contributed by atoms with Gasteiger partial charge in [0.05, 0.1) is 22.7 Å². The fourth-order valence-corrected chi connectivity index (χ4v) is 4.22. The minimum Gasteiger partial charge on any atom is -0.396 e. The molecule has 1 saturated heterocycles. The summed E-state index contributed by atoms with van der Waals surface area (Å²) in [6.07, 6.45) is 0.360. The number of carbonyl (C=O) groups excluding carboxylic acids is 1. The van der Waals surface area contributed by atoms with Crippen LogP contribution in [0, 0.1) is 5.82 Å². The van der Waals surface area contributed by atoms with Crippen LogP contribution in [-0.2, 0) is 9.84 Å². The number of rotatable bonds is 2. The van der Waals surface area contributed by atoms with Crippen molar-refractivity contribution in [2.24, 2.45) is 0 Å². The Kier molecular flexibility index (Phi) is 3.25. The topological polar surface area (TPSA) is 89.3 Å². The van der Waals surface area contributed by atoms with E-state index in [4.69, 9.17) is 5.73 Å². The molecule has 1 amide bonds. The summed E-state index contributed by atoms with van der Waals surface area (Å²) in [5.41, 5.74) is 4.62. The molecule has 0 bridgehead atoms. The van der Waals surface area contributed by atoms with Gasteiger partial charge in [0.1, 0.15) is 5.82 Å². The Morgan fingerprint density at radius 3 is 2.68 bits per heavy atom. The molecule has 1 atom stereocenters. The summed E-state index contributed by atoms with van der Waals surface area (Å²) in [5.74, 6) is -1.21. The highest BCUT2D eigenvalue weighted by Gasteiger charge is 2.39. The summed E-state index contributed by atoms with van der Waals surface area (Å²) in [5, 5.41) is 2.65. The number of carbonyl (C=O) groups is 1. The van der Waals surface area contributed by atoms with E-state index in [1.807, 2.05) is 0 Å². The molecule has 3 N–H and O–H groups in total. The van der Waals surface area contributed by atoms with E-state index in [0.29, 0.717) is 6.42 Å². The first kappa shape index (κ1) is 13.8. The van der Waals surface area contributed by atoms with Gasteiger partial charge >= 0.3 is 0 Å². The van der Waals surface area contributed by atoms with E-state index in [2.05, 4.69) is 5.32 Å². The van der Waals surface area contributed by atoms with Crippen molar-refractivity contribution < 1.29 is 17.6 Å². The smallest absolute Gasteiger partial charge is 0.251 e.